The highest BCUT2D eigenvalue weighted by Crippen LogP contribution is 2.49. The van der Waals surface area contributed by atoms with Gasteiger partial charge in [-0.1, -0.05) is 6.92 Å². The van der Waals surface area contributed by atoms with Gasteiger partial charge in [-0.25, -0.2) is 0 Å². The highest BCUT2D eigenvalue weighted by Gasteiger charge is 2.42. The Morgan fingerprint density at radius 1 is 1.34 bits per heavy atom. The van der Waals surface area contributed by atoms with E-state index in [1.54, 1.807) is 23.5 Å². The molecule has 2 heterocycles. The minimum atomic E-state index is -0.554. The van der Waals surface area contributed by atoms with Crippen LogP contribution in [0.15, 0.2) is 53.0 Å². The Labute approximate surface area is 189 Å². The zero-order chi connectivity index (χ0) is 23.0. The molecule has 9 heteroatoms. The van der Waals surface area contributed by atoms with Crippen LogP contribution in [0.2, 0.25) is 0 Å². The SMILES string of the molecule is CCc1ccc(C2C(C#N)=C(N)N(c3ccc(OC)cc3[N+](=O)[O-])C3=C2C(=O)CCC3)s1. The fourth-order valence-electron chi connectivity index (χ4n) is 4.35. The zero-order valence-electron chi connectivity index (χ0n) is 17.8. The summed E-state index contributed by atoms with van der Waals surface area (Å²) in [6.45, 7) is 2.05. The number of carbonyl (C=O) groups is 1. The lowest BCUT2D eigenvalue weighted by Gasteiger charge is -2.39. The number of nitro benzene ring substituents is 1. The fourth-order valence-corrected chi connectivity index (χ4v) is 5.42. The maximum atomic E-state index is 13.1. The molecule has 2 aliphatic rings. The molecule has 0 fully saturated rings. The Balaban J connectivity index is 1.98. The molecular formula is C23H22N4O4S. The number of thiophene rings is 1. The molecule has 164 valence electrons. The number of methoxy groups -OCH3 is 1. The molecule has 8 nitrogen and oxygen atoms in total. The summed E-state index contributed by atoms with van der Waals surface area (Å²) in [5, 5.41) is 21.9. The molecule has 1 atom stereocenters. The number of ether oxygens (including phenoxy) is 1. The summed E-state index contributed by atoms with van der Waals surface area (Å²) in [6.07, 6.45) is 2.37. The standard InChI is InChI=1S/C23H22N4O4S/c1-3-14-8-10-20(32-14)21-15(12-24)23(25)26(17-5-4-6-19(28)22(17)21)16-9-7-13(31-2)11-18(16)27(29)30/h7-11,21H,3-6,25H2,1-2H3. The molecule has 4 rings (SSSR count). The van der Waals surface area contributed by atoms with E-state index in [0.717, 1.165) is 16.2 Å². The van der Waals surface area contributed by atoms with Gasteiger partial charge in [0, 0.05) is 27.4 Å². The Hall–Kier alpha value is -3.64. The molecule has 1 aromatic heterocycles. The van der Waals surface area contributed by atoms with Crippen LogP contribution in [-0.4, -0.2) is 17.8 Å². The lowest BCUT2D eigenvalue weighted by atomic mass is 9.78. The van der Waals surface area contributed by atoms with Crippen LogP contribution in [0.3, 0.4) is 0 Å². The van der Waals surface area contributed by atoms with Crippen molar-refractivity contribution in [2.45, 2.75) is 38.5 Å². The van der Waals surface area contributed by atoms with Crippen LogP contribution < -0.4 is 15.4 Å². The number of ketones is 1. The lowest BCUT2D eigenvalue weighted by molar-refractivity contribution is -0.384. The van der Waals surface area contributed by atoms with Crippen LogP contribution >= 0.6 is 11.3 Å². The quantitative estimate of drug-likeness (QED) is 0.524. The van der Waals surface area contributed by atoms with Gasteiger partial charge in [-0.3, -0.25) is 19.8 Å². The average Bonchev–Trinajstić information content (AvgIpc) is 3.27. The summed E-state index contributed by atoms with van der Waals surface area (Å²) in [7, 11) is 1.43. The topological polar surface area (TPSA) is 122 Å². The van der Waals surface area contributed by atoms with Crippen LogP contribution in [0.4, 0.5) is 11.4 Å². The largest absolute Gasteiger partial charge is 0.496 e. The van der Waals surface area contributed by atoms with Crippen LogP contribution in [0.1, 0.15) is 41.9 Å². The number of nitrogens with two attached hydrogens (primary N) is 1. The third-order valence-corrected chi connectivity index (χ3v) is 7.14. The summed E-state index contributed by atoms with van der Waals surface area (Å²) >= 11 is 1.56. The van der Waals surface area contributed by atoms with E-state index in [1.165, 1.54) is 18.1 Å². The molecule has 0 saturated heterocycles. The van der Waals surface area contributed by atoms with Gasteiger partial charge in [-0.05, 0) is 43.5 Å². The molecular weight excluding hydrogens is 428 g/mol. The van der Waals surface area contributed by atoms with Gasteiger partial charge in [0.1, 0.15) is 17.3 Å². The highest BCUT2D eigenvalue weighted by atomic mass is 32.1. The van der Waals surface area contributed by atoms with Crippen LogP contribution in [0.5, 0.6) is 5.75 Å². The summed E-state index contributed by atoms with van der Waals surface area (Å²) in [5.41, 5.74) is 7.88. The second-order valence-corrected chi connectivity index (χ2v) is 8.79. The lowest BCUT2D eigenvalue weighted by Crippen LogP contribution is -2.38. The number of carbonyl (C=O) groups excluding carboxylic acids is 1. The average molecular weight is 451 g/mol. The number of nitriles is 1. The van der Waals surface area contributed by atoms with Gasteiger partial charge in [0.25, 0.3) is 5.69 Å². The van der Waals surface area contributed by atoms with E-state index in [2.05, 4.69) is 6.07 Å². The molecule has 0 radical (unpaired) electrons. The number of benzene rings is 1. The van der Waals surface area contributed by atoms with Crippen molar-refractivity contribution >= 4 is 28.5 Å². The van der Waals surface area contributed by atoms with Gasteiger partial charge in [0.05, 0.1) is 35.7 Å². The third kappa shape index (κ3) is 3.42. The van der Waals surface area contributed by atoms with E-state index in [1.807, 2.05) is 19.1 Å². The van der Waals surface area contributed by atoms with E-state index in [4.69, 9.17) is 10.5 Å². The van der Waals surface area contributed by atoms with Crippen molar-refractivity contribution in [2.75, 3.05) is 12.0 Å². The third-order valence-electron chi connectivity index (χ3n) is 5.85. The van der Waals surface area contributed by atoms with E-state index in [0.29, 0.717) is 36.3 Å². The number of allylic oxidation sites excluding steroid dienone is 3. The maximum Gasteiger partial charge on any atom is 0.296 e. The molecule has 1 unspecified atom stereocenters. The predicted octanol–water partition coefficient (Wildman–Crippen LogP) is 4.53. The minimum absolute atomic E-state index is 0.0517. The predicted molar refractivity (Wildman–Crippen MR) is 121 cm³/mol. The van der Waals surface area contributed by atoms with Crippen molar-refractivity contribution in [3.05, 3.63) is 72.9 Å². The first-order valence-corrected chi connectivity index (χ1v) is 11.1. The molecule has 1 aromatic carbocycles. The van der Waals surface area contributed by atoms with Gasteiger partial charge in [0.15, 0.2) is 5.78 Å². The molecule has 1 aliphatic heterocycles. The molecule has 0 spiro atoms. The number of hydrogen-bond acceptors (Lipinski definition) is 8. The molecule has 1 aliphatic carbocycles. The first kappa shape index (κ1) is 21.6. The number of hydrogen-bond donors (Lipinski definition) is 1. The number of nitrogens with zero attached hydrogens (tertiary/aromatic N) is 3. The first-order chi connectivity index (χ1) is 15.4. The molecule has 32 heavy (non-hydrogen) atoms. The van der Waals surface area contributed by atoms with Crippen LogP contribution in [-0.2, 0) is 11.2 Å². The second-order valence-electron chi connectivity index (χ2n) is 7.59. The number of rotatable bonds is 5. The number of aryl methyl sites for hydroxylation is 1. The Kier molecular flexibility index (Phi) is 5.72. The highest BCUT2D eigenvalue weighted by molar-refractivity contribution is 7.12. The number of anilines is 1. The van der Waals surface area contributed by atoms with Gasteiger partial charge in [0.2, 0.25) is 0 Å². The van der Waals surface area contributed by atoms with Gasteiger partial charge < -0.3 is 10.5 Å². The van der Waals surface area contributed by atoms with Crippen molar-refractivity contribution < 1.29 is 14.5 Å². The zero-order valence-corrected chi connectivity index (χ0v) is 18.6. The van der Waals surface area contributed by atoms with E-state index in [-0.39, 0.29) is 28.6 Å². The summed E-state index contributed by atoms with van der Waals surface area (Å²) < 4.78 is 5.14. The van der Waals surface area contributed by atoms with Gasteiger partial charge in [-0.15, -0.1) is 11.3 Å². The van der Waals surface area contributed by atoms with Crippen molar-refractivity contribution in [1.29, 1.82) is 5.26 Å². The van der Waals surface area contributed by atoms with Crippen molar-refractivity contribution in [2.24, 2.45) is 5.73 Å². The summed E-state index contributed by atoms with van der Waals surface area (Å²) in [4.78, 5) is 28.0. The van der Waals surface area contributed by atoms with E-state index < -0.39 is 10.8 Å². The fraction of sp³-hybridized carbons (Fsp3) is 0.304. The van der Waals surface area contributed by atoms with E-state index >= 15 is 0 Å². The monoisotopic (exact) mass is 450 g/mol. The maximum absolute atomic E-state index is 13.1. The van der Waals surface area contributed by atoms with Crippen LogP contribution in [0, 0.1) is 21.4 Å². The van der Waals surface area contributed by atoms with Crippen molar-refractivity contribution in [1.82, 2.24) is 0 Å². The Morgan fingerprint density at radius 3 is 2.75 bits per heavy atom. The normalized spacial score (nSPS) is 18.5. The molecule has 2 N–H and O–H groups in total. The van der Waals surface area contributed by atoms with E-state index in [9.17, 15) is 20.2 Å². The number of nitro groups is 1. The number of Topliss-reactive ketones (excluding diaryl/α,β-unsaturated/α-hetero) is 1. The summed E-state index contributed by atoms with van der Waals surface area (Å²) in [6, 6.07) is 10.6. The van der Waals surface area contributed by atoms with Gasteiger partial charge >= 0.3 is 0 Å². The molecule has 0 amide bonds. The Morgan fingerprint density at radius 2 is 2.12 bits per heavy atom. The van der Waals surface area contributed by atoms with Crippen molar-refractivity contribution in [3.8, 4) is 11.8 Å². The molecule has 0 bridgehead atoms. The summed E-state index contributed by atoms with van der Waals surface area (Å²) in [5.74, 6) is -0.158. The molecule has 0 saturated carbocycles. The smallest absolute Gasteiger partial charge is 0.296 e. The second kappa shape index (κ2) is 8.48. The first-order valence-electron chi connectivity index (χ1n) is 10.3. The Bertz CT molecular complexity index is 1220. The molecule has 2 aromatic rings. The van der Waals surface area contributed by atoms with Gasteiger partial charge in [-0.2, -0.15) is 5.26 Å². The van der Waals surface area contributed by atoms with Crippen LogP contribution in [0.25, 0.3) is 0 Å². The minimum Gasteiger partial charge on any atom is -0.496 e. The van der Waals surface area contributed by atoms with Crippen molar-refractivity contribution in [3.63, 3.8) is 0 Å².